The van der Waals surface area contributed by atoms with E-state index in [1.54, 1.807) is 11.3 Å². The van der Waals surface area contributed by atoms with Gasteiger partial charge in [0.15, 0.2) is 0 Å². The molecule has 13 heavy (non-hydrogen) atoms. The van der Waals surface area contributed by atoms with Gasteiger partial charge in [-0.05, 0) is 19.0 Å². The predicted molar refractivity (Wildman–Crippen MR) is 55.6 cm³/mol. The van der Waals surface area contributed by atoms with Gasteiger partial charge in [-0.3, -0.25) is 0 Å². The summed E-state index contributed by atoms with van der Waals surface area (Å²) in [7, 11) is 0. The molecule has 1 heterocycles. The molecular formula is C10H12N2S. The number of nitrogens with one attached hydrogen (secondary N) is 1. The predicted octanol–water partition coefficient (Wildman–Crippen LogP) is 2.29. The second kappa shape index (κ2) is 5.52. The van der Waals surface area contributed by atoms with E-state index < -0.39 is 0 Å². The molecule has 0 saturated heterocycles. The lowest BCUT2D eigenvalue weighted by molar-refractivity contribution is 0.703. The van der Waals surface area contributed by atoms with Crippen LogP contribution in [0.5, 0.6) is 0 Å². The van der Waals surface area contributed by atoms with Crippen molar-refractivity contribution in [1.29, 1.82) is 5.26 Å². The van der Waals surface area contributed by atoms with Gasteiger partial charge in [0, 0.05) is 16.8 Å². The van der Waals surface area contributed by atoms with Crippen LogP contribution >= 0.6 is 11.3 Å². The fourth-order valence-electron chi connectivity index (χ4n) is 0.948. The molecule has 0 bridgehead atoms. The van der Waals surface area contributed by atoms with Gasteiger partial charge in [0.05, 0.1) is 5.56 Å². The maximum Gasteiger partial charge on any atom is 0.100 e. The van der Waals surface area contributed by atoms with Crippen LogP contribution in [-0.2, 0) is 6.54 Å². The Hall–Kier alpha value is -1.11. The van der Waals surface area contributed by atoms with E-state index in [4.69, 9.17) is 5.26 Å². The molecule has 68 valence electrons. The molecule has 0 unspecified atom stereocenters. The first-order chi connectivity index (χ1) is 6.36. The highest BCUT2D eigenvalue weighted by molar-refractivity contribution is 7.10. The molecule has 3 heteroatoms. The average Bonchev–Trinajstić information content (AvgIpc) is 2.60. The summed E-state index contributed by atoms with van der Waals surface area (Å²) in [6, 6.07) is 4.04. The van der Waals surface area contributed by atoms with Crippen LogP contribution in [0.4, 0.5) is 0 Å². The van der Waals surface area contributed by atoms with E-state index in [0.717, 1.165) is 25.1 Å². The SMILES string of the molecule is C=CCCNCc1cc(C#N)cs1. The van der Waals surface area contributed by atoms with Crippen LogP contribution in [0.15, 0.2) is 24.1 Å². The van der Waals surface area contributed by atoms with Gasteiger partial charge in [0.2, 0.25) is 0 Å². The standard InChI is InChI=1S/C10H12N2S/c1-2-3-4-12-7-10-5-9(6-11)8-13-10/h2,5,8,12H,1,3-4,7H2. The Labute approximate surface area is 82.5 Å². The monoisotopic (exact) mass is 192 g/mol. The van der Waals surface area contributed by atoms with E-state index >= 15 is 0 Å². The third kappa shape index (κ3) is 3.41. The number of nitriles is 1. The van der Waals surface area contributed by atoms with E-state index in [9.17, 15) is 0 Å². The molecule has 1 N–H and O–H groups in total. The third-order valence-corrected chi connectivity index (χ3v) is 2.54. The Morgan fingerprint density at radius 2 is 2.54 bits per heavy atom. The zero-order valence-corrected chi connectivity index (χ0v) is 8.23. The fourth-order valence-corrected chi connectivity index (χ4v) is 1.73. The molecule has 1 aromatic rings. The van der Waals surface area contributed by atoms with E-state index in [2.05, 4.69) is 18.0 Å². The summed E-state index contributed by atoms with van der Waals surface area (Å²) >= 11 is 1.62. The van der Waals surface area contributed by atoms with E-state index in [0.29, 0.717) is 0 Å². The van der Waals surface area contributed by atoms with Crippen molar-refractivity contribution < 1.29 is 0 Å². The van der Waals surface area contributed by atoms with Gasteiger partial charge < -0.3 is 5.32 Å². The zero-order chi connectivity index (χ0) is 9.52. The molecule has 0 radical (unpaired) electrons. The second-order valence-corrected chi connectivity index (χ2v) is 3.66. The van der Waals surface area contributed by atoms with Crippen LogP contribution in [0.2, 0.25) is 0 Å². The molecule has 0 aliphatic carbocycles. The van der Waals surface area contributed by atoms with Crippen molar-refractivity contribution in [2.45, 2.75) is 13.0 Å². The highest BCUT2D eigenvalue weighted by Gasteiger charge is 1.97. The lowest BCUT2D eigenvalue weighted by atomic mass is 10.3. The number of thiophene rings is 1. The largest absolute Gasteiger partial charge is 0.312 e. The molecule has 0 aromatic carbocycles. The first kappa shape index (κ1) is 9.97. The molecule has 0 atom stereocenters. The lowest BCUT2D eigenvalue weighted by Gasteiger charge is -1.98. The molecular weight excluding hydrogens is 180 g/mol. The minimum Gasteiger partial charge on any atom is -0.312 e. The molecule has 1 aromatic heterocycles. The van der Waals surface area contributed by atoms with Gasteiger partial charge in [-0.25, -0.2) is 0 Å². The van der Waals surface area contributed by atoms with Crippen LogP contribution in [0.3, 0.4) is 0 Å². The van der Waals surface area contributed by atoms with Crippen molar-refractivity contribution in [3.8, 4) is 6.07 Å². The first-order valence-electron chi connectivity index (χ1n) is 4.16. The Kier molecular flexibility index (Phi) is 4.24. The molecule has 0 amide bonds. The zero-order valence-electron chi connectivity index (χ0n) is 7.42. The number of nitrogens with zero attached hydrogens (tertiary/aromatic N) is 1. The summed E-state index contributed by atoms with van der Waals surface area (Å²) in [6.45, 7) is 5.44. The van der Waals surface area contributed by atoms with Gasteiger partial charge in [0.1, 0.15) is 6.07 Å². The summed E-state index contributed by atoms with van der Waals surface area (Å²) < 4.78 is 0. The van der Waals surface area contributed by atoms with E-state index in [1.165, 1.54) is 4.88 Å². The van der Waals surface area contributed by atoms with Crippen LogP contribution in [0, 0.1) is 11.3 Å². The second-order valence-electron chi connectivity index (χ2n) is 2.67. The summed E-state index contributed by atoms with van der Waals surface area (Å²) in [4.78, 5) is 1.21. The van der Waals surface area contributed by atoms with Crippen LogP contribution in [0.1, 0.15) is 16.9 Å². The van der Waals surface area contributed by atoms with Crippen LogP contribution in [-0.4, -0.2) is 6.54 Å². The van der Waals surface area contributed by atoms with Crippen LogP contribution in [0.25, 0.3) is 0 Å². The number of hydrogen-bond acceptors (Lipinski definition) is 3. The average molecular weight is 192 g/mol. The molecule has 2 nitrogen and oxygen atoms in total. The normalized spacial score (nSPS) is 9.46. The first-order valence-corrected chi connectivity index (χ1v) is 5.04. The summed E-state index contributed by atoms with van der Waals surface area (Å²) in [5.74, 6) is 0. The highest BCUT2D eigenvalue weighted by Crippen LogP contribution is 2.12. The molecule has 0 fully saturated rings. The number of hydrogen-bond donors (Lipinski definition) is 1. The molecule has 1 rings (SSSR count). The maximum absolute atomic E-state index is 8.58. The topological polar surface area (TPSA) is 35.8 Å². The summed E-state index contributed by atoms with van der Waals surface area (Å²) in [5, 5.41) is 13.7. The van der Waals surface area contributed by atoms with Crippen molar-refractivity contribution in [2.24, 2.45) is 0 Å². The van der Waals surface area contributed by atoms with Crippen molar-refractivity contribution in [3.63, 3.8) is 0 Å². The molecule has 0 saturated carbocycles. The van der Waals surface area contributed by atoms with Crippen molar-refractivity contribution in [1.82, 2.24) is 5.32 Å². The summed E-state index contributed by atoms with van der Waals surface area (Å²) in [6.07, 6.45) is 2.87. The Bertz CT molecular complexity index is 309. The smallest absolute Gasteiger partial charge is 0.100 e. The highest BCUT2D eigenvalue weighted by atomic mass is 32.1. The third-order valence-electron chi connectivity index (χ3n) is 1.61. The van der Waals surface area contributed by atoms with Gasteiger partial charge in [-0.15, -0.1) is 17.9 Å². The quantitative estimate of drug-likeness (QED) is 0.574. The minimum atomic E-state index is 0.755. The molecule has 0 aliphatic rings. The Morgan fingerprint density at radius 3 is 3.15 bits per heavy atom. The van der Waals surface area contributed by atoms with Crippen molar-refractivity contribution in [2.75, 3.05) is 6.54 Å². The van der Waals surface area contributed by atoms with Crippen LogP contribution < -0.4 is 5.32 Å². The molecule has 0 spiro atoms. The van der Waals surface area contributed by atoms with E-state index in [1.807, 2.05) is 17.5 Å². The van der Waals surface area contributed by atoms with Gasteiger partial charge in [-0.2, -0.15) is 5.26 Å². The van der Waals surface area contributed by atoms with Crippen molar-refractivity contribution >= 4 is 11.3 Å². The fraction of sp³-hybridized carbons (Fsp3) is 0.300. The molecule has 0 aliphatic heterocycles. The Balaban J connectivity index is 2.29. The maximum atomic E-state index is 8.58. The lowest BCUT2D eigenvalue weighted by Crippen LogP contribution is -2.12. The van der Waals surface area contributed by atoms with Crippen molar-refractivity contribution in [3.05, 3.63) is 34.5 Å². The minimum absolute atomic E-state index is 0.755. The van der Waals surface area contributed by atoms with Gasteiger partial charge >= 0.3 is 0 Å². The number of rotatable bonds is 5. The summed E-state index contributed by atoms with van der Waals surface area (Å²) in [5.41, 5.74) is 0.755. The van der Waals surface area contributed by atoms with Gasteiger partial charge in [0.25, 0.3) is 0 Å². The van der Waals surface area contributed by atoms with E-state index in [-0.39, 0.29) is 0 Å². The Morgan fingerprint density at radius 1 is 1.69 bits per heavy atom. The van der Waals surface area contributed by atoms with Gasteiger partial charge in [-0.1, -0.05) is 6.08 Å².